The highest BCUT2D eigenvalue weighted by atomic mass is 32.1. The molecule has 0 aliphatic carbocycles. The van der Waals surface area contributed by atoms with Gasteiger partial charge in [-0.3, -0.25) is 0 Å². The smallest absolute Gasteiger partial charge is 0.117 e. The minimum Gasteiger partial charge on any atom is -0.388 e. The van der Waals surface area contributed by atoms with E-state index in [1.54, 1.807) is 0 Å². The molecule has 1 atom stereocenters. The van der Waals surface area contributed by atoms with Crippen LogP contribution in [-0.2, 0) is 0 Å². The van der Waals surface area contributed by atoms with Crippen molar-refractivity contribution in [2.45, 2.75) is 25.9 Å². The molecule has 0 amide bonds. The van der Waals surface area contributed by atoms with Gasteiger partial charge in [0.2, 0.25) is 0 Å². The van der Waals surface area contributed by atoms with Crippen LogP contribution in [-0.4, -0.2) is 21.6 Å². The number of fused-ring (bicyclic) bond motifs is 1. The third-order valence-corrected chi connectivity index (χ3v) is 3.61. The van der Waals surface area contributed by atoms with Gasteiger partial charge in [0.05, 0.1) is 11.1 Å². The third-order valence-electron chi connectivity index (χ3n) is 2.78. The summed E-state index contributed by atoms with van der Waals surface area (Å²) in [6.45, 7) is 4.37. The average molecular weight is 236 g/mol. The van der Waals surface area contributed by atoms with Gasteiger partial charge in [0.25, 0.3) is 0 Å². The molecule has 0 saturated carbocycles. The number of nitrogens with zero attached hydrogens (tertiary/aromatic N) is 1. The molecular weight excluding hydrogens is 220 g/mol. The predicted molar refractivity (Wildman–Crippen MR) is 69.0 cm³/mol. The highest BCUT2D eigenvalue weighted by Gasteiger charge is 2.17. The Morgan fingerprint density at radius 1 is 1.44 bits per heavy atom. The van der Waals surface area contributed by atoms with Crippen LogP contribution in [0.3, 0.4) is 0 Å². The molecule has 2 aromatic rings. The number of hydrogen-bond donors (Lipinski definition) is 2. The van der Waals surface area contributed by atoms with Crippen molar-refractivity contribution in [1.82, 2.24) is 4.37 Å². The lowest BCUT2D eigenvalue weighted by atomic mass is 10.0. The maximum atomic E-state index is 9.92. The van der Waals surface area contributed by atoms with E-state index in [9.17, 15) is 5.11 Å². The lowest BCUT2D eigenvalue weighted by molar-refractivity contribution is 0.0698. The number of aliphatic hydroxyl groups is 1. The number of hydrogen-bond acceptors (Lipinski definition) is 4. The Labute approximate surface area is 99.3 Å². The summed E-state index contributed by atoms with van der Waals surface area (Å²) in [5.41, 5.74) is 0.344. The molecule has 2 N–H and O–H groups in total. The van der Waals surface area contributed by atoms with Crippen LogP contribution in [0.5, 0.6) is 0 Å². The van der Waals surface area contributed by atoms with E-state index in [4.69, 9.17) is 0 Å². The third kappa shape index (κ3) is 2.33. The normalized spacial score (nSPS) is 14.9. The van der Waals surface area contributed by atoms with Crippen molar-refractivity contribution < 1.29 is 5.11 Å². The van der Waals surface area contributed by atoms with Gasteiger partial charge in [-0.25, -0.2) is 0 Å². The lowest BCUT2D eigenvalue weighted by Crippen LogP contribution is -2.32. The molecule has 1 aromatic heterocycles. The Balaban J connectivity index is 2.16. The number of benzene rings is 1. The summed E-state index contributed by atoms with van der Waals surface area (Å²) in [4.78, 5) is 0. The molecule has 0 bridgehead atoms. The maximum absolute atomic E-state index is 9.92. The highest BCUT2D eigenvalue weighted by molar-refractivity contribution is 7.11. The van der Waals surface area contributed by atoms with Crippen LogP contribution >= 0.6 is 11.5 Å². The quantitative estimate of drug-likeness (QED) is 0.858. The molecule has 0 saturated heterocycles. The Bertz CT molecular complexity index is 479. The van der Waals surface area contributed by atoms with Gasteiger partial charge >= 0.3 is 0 Å². The van der Waals surface area contributed by atoms with Crippen LogP contribution in [0.2, 0.25) is 0 Å². The minimum absolute atomic E-state index is 0.551. The first-order valence-corrected chi connectivity index (χ1v) is 6.20. The molecule has 2 rings (SSSR count). The molecule has 1 heterocycles. The van der Waals surface area contributed by atoms with E-state index in [2.05, 4.69) is 9.69 Å². The second-order valence-electron chi connectivity index (χ2n) is 4.23. The fraction of sp³-hybridized carbons (Fsp3) is 0.417. The molecule has 0 aliphatic rings. The number of rotatable bonds is 4. The summed E-state index contributed by atoms with van der Waals surface area (Å²) in [5, 5.41) is 15.3. The van der Waals surface area contributed by atoms with E-state index in [1.165, 1.54) is 11.5 Å². The summed E-state index contributed by atoms with van der Waals surface area (Å²) < 4.78 is 4.34. The standard InChI is InChI=1S/C12H16N2OS/c1-3-12(2,15)8-13-11-9-6-4-5-7-10(9)14-16-11/h4-7,13,15H,3,8H2,1-2H3. The molecule has 0 spiro atoms. The van der Waals surface area contributed by atoms with E-state index in [-0.39, 0.29) is 0 Å². The molecule has 0 aliphatic heterocycles. The van der Waals surface area contributed by atoms with Crippen LogP contribution in [0.25, 0.3) is 10.9 Å². The van der Waals surface area contributed by atoms with Crippen LogP contribution < -0.4 is 5.32 Å². The molecule has 86 valence electrons. The summed E-state index contributed by atoms with van der Waals surface area (Å²) in [7, 11) is 0. The van der Waals surface area contributed by atoms with Gasteiger partial charge in [0.1, 0.15) is 5.00 Å². The first kappa shape index (κ1) is 11.4. The summed E-state index contributed by atoms with van der Waals surface area (Å²) in [6.07, 6.45) is 0.733. The largest absolute Gasteiger partial charge is 0.388 e. The van der Waals surface area contributed by atoms with Gasteiger partial charge < -0.3 is 10.4 Å². The molecule has 16 heavy (non-hydrogen) atoms. The first-order valence-electron chi connectivity index (χ1n) is 5.43. The van der Waals surface area contributed by atoms with Gasteiger partial charge in [-0.15, -0.1) is 0 Å². The van der Waals surface area contributed by atoms with Crippen molar-refractivity contribution in [2.24, 2.45) is 0 Å². The van der Waals surface area contributed by atoms with E-state index >= 15 is 0 Å². The van der Waals surface area contributed by atoms with Gasteiger partial charge in [0, 0.05) is 11.9 Å². The Morgan fingerprint density at radius 2 is 2.19 bits per heavy atom. The SMILES string of the molecule is CCC(C)(O)CNc1snc2ccccc12. The van der Waals surface area contributed by atoms with Crippen molar-refractivity contribution >= 4 is 27.4 Å². The Kier molecular flexibility index (Phi) is 3.12. The van der Waals surface area contributed by atoms with E-state index in [1.807, 2.05) is 38.1 Å². The van der Waals surface area contributed by atoms with Crippen molar-refractivity contribution in [3.63, 3.8) is 0 Å². The van der Waals surface area contributed by atoms with E-state index < -0.39 is 5.60 Å². The highest BCUT2D eigenvalue weighted by Crippen LogP contribution is 2.27. The van der Waals surface area contributed by atoms with Crippen molar-refractivity contribution in [3.05, 3.63) is 24.3 Å². The number of anilines is 1. The van der Waals surface area contributed by atoms with Crippen molar-refractivity contribution in [1.29, 1.82) is 0 Å². The second-order valence-corrected chi connectivity index (χ2v) is 5.01. The van der Waals surface area contributed by atoms with Gasteiger partial charge in [-0.1, -0.05) is 19.1 Å². The summed E-state index contributed by atoms with van der Waals surface area (Å²) >= 11 is 1.44. The van der Waals surface area contributed by atoms with Crippen molar-refractivity contribution in [3.8, 4) is 0 Å². The first-order chi connectivity index (χ1) is 7.62. The fourth-order valence-electron chi connectivity index (χ4n) is 1.41. The molecule has 3 nitrogen and oxygen atoms in total. The lowest BCUT2D eigenvalue weighted by Gasteiger charge is -2.21. The topological polar surface area (TPSA) is 45.1 Å². The predicted octanol–water partition coefficient (Wildman–Crippen LogP) is 2.87. The summed E-state index contributed by atoms with van der Waals surface area (Å²) in [5.74, 6) is 0. The van der Waals surface area contributed by atoms with E-state index in [0.29, 0.717) is 6.54 Å². The minimum atomic E-state index is -0.662. The maximum Gasteiger partial charge on any atom is 0.117 e. The van der Waals surface area contributed by atoms with Gasteiger partial charge in [-0.2, -0.15) is 4.37 Å². The fourth-order valence-corrected chi connectivity index (χ4v) is 2.17. The zero-order chi connectivity index (χ0) is 11.6. The van der Waals surface area contributed by atoms with Gasteiger partial charge in [0.15, 0.2) is 0 Å². The monoisotopic (exact) mass is 236 g/mol. The Hall–Kier alpha value is -1.13. The molecular formula is C12H16N2OS. The zero-order valence-electron chi connectivity index (χ0n) is 9.53. The number of nitrogens with one attached hydrogen (secondary N) is 1. The van der Waals surface area contributed by atoms with Crippen LogP contribution in [0.15, 0.2) is 24.3 Å². The molecule has 0 radical (unpaired) electrons. The van der Waals surface area contributed by atoms with Crippen LogP contribution in [0.1, 0.15) is 20.3 Å². The number of aromatic nitrogens is 1. The average Bonchev–Trinajstić information content (AvgIpc) is 2.70. The Morgan fingerprint density at radius 3 is 2.94 bits per heavy atom. The van der Waals surface area contributed by atoms with Gasteiger partial charge in [-0.05, 0) is 37.0 Å². The second kappa shape index (κ2) is 4.39. The zero-order valence-corrected chi connectivity index (χ0v) is 10.3. The van der Waals surface area contributed by atoms with Crippen LogP contribution in [0, 0.1) is 0 Å². The molecule has 0 fully saturated rings. The summed E-state index contributed by atoms with van der Waals surface area (Å²) in [6, 6.07) is 8.02. The van der Waals surface area contributed by atoms with Crippen LogP contribution in [0.4, 0.5) is 5.00 Å². The van der Waals surface area contributed by atoms with Crippen molar-refractivity contribution in [2.75, 3.05) is 11.9 Å². The molecule has 1 aromatic carbocycles. The molecule has 4 heteroatoms. The van der Waals surface area contributed by atoms with E-state index in [0.717, 1.165) is 22.3 Å². The molecule has 1 unspecified atom stereocenters.